The Morgan fingerprint density at radius 1 is 0.778 bits per heavy atom. The van der Waals surface area contributed by atoms with Crippen molar-refractivity contribution in [2.75, 3.05) is 0 Å². The molecule has 0 saturated carbocycles. The molecule has 0 radical (unpaired) electrons. The van der Waals surface area contributed by atoms with Crippen LogP contribution in [0.1, 0.15) is 39.2 Å². The standard InChI is InChI=1S/2C4H5N3.2C2H6/c1-4-2-6-7-3-5-4;1-4-5-2-3-6-7-4;2*1-2/h2*2-3H,1H3;2*1-2H3. The first-order valence-electron chi connectivity index (χ1n) is 5.98. The minimum absolute atomic E-state index is 0.711. The summed E-state index contributed by atoms with van der Waals surface area (Å²) in [6, 6.07) is 0. The molecular weight excluding hydrogens is 228 g/mol. The molecule has 2 heterocycles. The van der Waals surface area contributed by atoms with Crippen LogP contribution in [0.5, 0.6) is 0 Å². The number of rotatable bonds is 0. The van der Waals surface area contributed by atoms with Gasteiger partial charge in [-0.05, 0) is 13.8 Å². The summed E-state index contributed by atoms with van der Waals surface area (Å²) in [5.74, 6) is 0.711. The van der Waals surface area contributed by atoms with Gasteiger partial charge in [0.05, 0.1) is 18.1 Å². The molecule has 0 atom stereocenters. The SMILES string of the molecule is CC.CC.Cc1cnncn1.Cc1nccnn1. The highest BCUT2D eigenvalue weighted by molar-refractivity contribution is 4.84. The van der Waals surface area contributed by atoms with Gasteiger partial charge in [-0.3, -0.25) is 0 Å². The van der Waals surface area contributed by atoms with E-state index in [-0.39, 0.29) is 0 Å². The van der Waals surface area contributed by atoms with Crippen LogP contribution in [0.3, 0.4) is 0 Å². The normalized spacial score (nSPS) is 7.44. The first-order chi connectivity index (χ1) is 8.79. The highest BCUT2D eigenvalue weighted by Crippen LogP contribution is 1.78. The van der Waals surface area contributed by atoms with Crippen LogP contribution in [0.2, 0.25) is 0 Å². The molecule has 0 spiro atoms. The topological polar surface area (TPSA) is 77.3 Å². The summed E-state index contributed by atoms with van der Waals surface area (Å²) in [5, 5.41) is 14.2. The van der Waals surface area contributed by atoms with Crippen molar-refractivity contribution in [1.82, 2.24) is 30.4 Å². The fourth-order valence-corrected chi connectivity index (χ4v) is 0.611. The molecule has 0 N–H and O–H groups in total. The van der Waals surface area contributed by atoms with E-state index in [0.717, 1.165) is 5.69 Å². The highest BCUT2D eigenvalue weighted by atomic mass is 15.1. The summed E-state index contributed by atoms with van der Waals surface area (Å²) in [6.07, 6.45) is 6.20. The lowest BCUT2D eigenvalue weighted by atomic mass is 10.6. The van der Waals surface area contributed by atoms with Gasteiger partial charge in [-0.25, -0.2) is 9.97 Å². The summed E-state index contributed by atoms with van der Waals surface area (Å²) < 4.78 is 0. The van der Waals surface area contributed by atoms with E-state index in [1.807, 2.05) is 34.6 Å². The molecule has 0 aliphatic rings. The molecule has 0 aliphatic heterocycles. The molecule has 0 bridgehead atoms. The maximum atomic E-state index is 3.81. The van der Waals surface area contributed by atoms with Crippen LogP contribution in [-0.4, -0.2) is 30.4 Å². The summed E-state index contributed by atoms with van der Waals surface area (Å²) >= 11 is 0. The Morgan fingerprint density at radius 2 is 1.44 bits per heavy atom. The molecule has 6 heteroatoms. The molecule has 2 rings (SSSR count). The maximum Gasteiger partial charge on any atom is 0.147 e. The van der Waals surface area contributed by atoms with Gasteiger partial charge in [0, 0.05) is 6.20 Å². The quantitative estimate of drug-likeness (QED) is 0.714. The Labute approximate surface area is 109 Å². The minimum Gasteiger partial charge on any atom is -0.238 e. The van der Waals surface area contributed by atoms with E-state index in [4.69, 9.17) is 0 Å². The molecule has 2 aromatic rings. The lowest BCUT2D eigenvalue weighted by Crippen LogP contribution is -1.85. The maximum absolute atomic E-state index is 3.81. The van der Waals surface area contributed by atoms with Gasteiger partial charge < -0.3 is 0 Å². The Hall–Kier alpha value is -1.98. The zero-order valence-electron chi connectivity index (χ0n) is 12.0. The zero-order chi connectivity index (χ0) is 14.2. The Balaban J connectivity index is 0. The second-order valence-corrected chi connectivity index (χ2v) is 2.44. The van der Waals surface area contributed by atoms with Crippen molar-refractivity contribution in [3.05, 3.63) is 36.4 Å². The van der Waals surface area contributed by atoms with Gasteiger partial charge in [0.1, 0.15) is 12.2 Å². The van der Waals surface area contributed by atoms with Crippen LogP contribution < -0.4 is 0 Å². The van der Waals surface area contributed by atoms with E-state index in [1.54, 1.807) is 25.5 Å². The molecule has 2 aromatic heterocycles. The fraction of sp³-hybridized carbons (Fsp3) is 0.500. The molecule has 0 unspecified atom stereocenters. The van der Waals surface area contributed by atoms with Crippen LogP contribution in [0.25, 0.3) is 0 Å². The van der Waals surface area contributed by atoms with Crippen molar-refractivity contribution >= 4 is 0 Å². The van der Waals surface area contributed by atoms with Crippen LogP contribution in [0.4, 0.5) is 0 Å². The molecule has 0 amide bonds. The second-order valence-electron chi connectivity index (χ2n) is 2.44. The van der Waals surface area contributed by atoms with Crippen molar-refractivity contribution in [2.45, 2.75) is 41.5 Å². The monoisotopic (exact) mass is 250 g/mol. The van der Waals surface area contributed by atoms with E-state index in [2.05, 4.69) is 30.4 Å². The highest BCUT2D eigenvalue weighted by Gasteiger charge is 1.76. The molecule has 6 nitrogen and oxygen atoms in total. The zero-order valence-corrected chi connectivity index (χ0v) is 12.0. The Kier molecular flexibility index (Phi) is 15.3. The molecule has 0 aromatic carbocycles. The average Bonchev–Trinajstić information content (AvgIpc) is 2.46. The van der Waals surface area contributed by atoms with Gasteiger partial charge in [0.15, 0.2) is 0 Å². The summed E-state index contributed by atoms with van der Waals surface area (Å²) in [4.78, 5) is 7.61. The molecule has 0 saturated heterocycles. The second kappa shape index (κ2) is 15.0. The lowest BCUT2D eigenvalue weighted by Gasteiger charge is -1.80. The van der Waals surface area contributed by atoms with Gasteiger partial charge in [-0.2, -0.15) is 10.2 Å². The first kappa shape index (κ1) is 18.4. The Bertz CT molecular complexity index is 314. The van der Waals surface area contributed by atoms with Crippen LogP contribution >= 0.6 is 0 Å². The third-order valence-electron chi connectivity index (χ3n) is 1.22. The summed E-state index contributed by atoms with van der Waals surface area (Å²) in [6.45, 7) is 11.7. The molecule has 0 fully saturated rings. The number of hydrogen-bond donors (Lipinski definition) is 0. The fourth-order valence-electron chi connectivity index (χ4n) is 0.611. The molecular formula is C12H22N6. The van der Waals surface area contributed by atoms with E-state index >= 15 is 0 Å². The summed E-state index contributed by atoms with van der Waals surface area (Å²) in [5.41, 5.74) is 0.898. The minimum atomic E-state index is 0.711. The molecule has 100 valence electrons. The van der Waals surface area contributed by atoms with E-state index in [9.17, 15) is 0 Å². The third kappa shape index (κ3) is 12.1. The predicted octanol–water partition coefficient (Wildman–Crippen LogP) is 2.41. The van der Waals surface area contributed by atoms with E-state index < -0.39 is 0 Å². The van der Waals surface area contributed by atoms with Crippen molar-refractivity contribution in [1.29, 1.82) is 0 Å². The number of hydrogen-bond acceptors (Lipinski definition) is 6. The van der Waals surface area contributed by atoms with E-state index in [1.165, 1.54) is 6.33 Å². The molecule has 18 heavy (non-hydrogen) atoms. The van der Waals surface area contributed by atoms with Gasteiger partial charge >= 0.3 is 0 Å². The Morgan fingerprint density at radius 3 is 1.67 bits per heavy atom. The van der Waals surface area contributed by atoms with Gasteiger partial charge in [-0.15, -0.1) is 10.2 Å². The number of nitrogens with zero attached hydrogens (tertiary/aromatic N) is 6. The van der Waals surface area contributed by atoms with Gasteiger partial charge in [0.25, 0.3) is 0 Å². The smallest absolute Gasteiger partial charge is 0.147 e. The first-order valence-corrected chi connectivity index (χ1v) is 5.98. The van der Waals surface area contributed by atoms with Crippen molar-refractivity contribution in [3.8, 4) is 0 Å². The number of aryl methyl sites for hydroxylation is 2. The van der Waals surface area contributed by atoms with Crippen LogP contribution in [0.15, 0.2) is 24.9 Å². The van der Waals surface area contributed by atoms with Crippen molar-refractivity contribution < 1.29 is 0 Å². The summed E-state index contributed by atoms with van der Waals surface area (Å²) in [7, 11) is 0. The predicted molar refractivity (Wildman–Crippen MR) is 71.8 cm³/mol. The lowest BCUT2D eigenvalue weighted by molar-refractivity contribution is 0.907. The van der Waals surface area contributed by atoms with Crippen LogP contribution in [0, 0.1) is 13.8 Å². The molecule has 0 aliphatic carbocycles. The van der Waals surface area contributed by atoms with E-state index in [0.29, 0.717) is 5.82 Å². The number of aromatic nitrogens is 6. The average molecular weight is 250 g/mol. The third-order valence-corrected chi connectivity index (χ3v) is 1.22. The van der Waals surface area contributed by atoms with Crippen molar-refractivity contribution in [2.24, 2.45) is 0 Å². The van der Waals surface area contributed by atoms with Gasteiger partial charge in [0.2, 0.25) is 0 Å². The largest absolute Gasteiger partial charge is 0.238 e. The van der Waals surface area contributed by atoms with Crippen LogP contribution in [-0.2, 0) is 0 Å². The van der Waals surface area contributed by atoms with Gasteiger partial charge in [-0.1, -0.05) is 27.7 Å². The van der Waals surface area contributed by atoms with Crippen molar-refractivity contribution in [3.63, 3.8) is 0 Å².